The van der Waals surface area contributed by atoms with E-state index in [0.717, 1.165) is 6.42 Å². The highest BCUT2D eigenvalue weighted by molar-refractivity contribution is 5.75. The molecule has 0 aliphatic heterocycles. The average Bonchev–Trinajstić information content (AvgIpc) is 2.33. The molecule has 1 N–H and O–H groups in total. The molecule has 0 spiro atoms. The lowest BCUT2D eigenvalue weighted by Crippen LogP contribution is -2.42. The largest absolute Gasteiger partial charge is 0.465 e. The molecule has 1 atom stereocenters. The molecule has 0 aliphatic carbocycles. The summed E-state index contributed by atoms with van der Waals surface area (Å²) in [4.78, 5) is 11.6. The number of hydrogen-bond donors (Lipinski definition) is 1. The van der Waals surface area contributed by atoms with E-state index in [1.807, 2.05) is 20.8 Å². The van der Waals surface area contributed by atoms with Gasteiger partial charge in [-0.25, -0.2) is 0 Å². The average molecular weight is 261 g/mol. The van der Waals surface area contributed by atoms with Gasteiger partial charge in [-0.15, -0.1) is 0 Å². The predicted octanol–water partition coefficient (Wildman–Crippen LogP) is 1.36. The zero-order chi connectivity index (χ0) is 14.0. The van der Waals surface area contributed by atoms with Gasteiger partial charge in [0.2, 0.25) is 0 Å². The van der Waals surface area contributed by atoms with Crippen LogP contribution in [0.3, 0.4) is 0 Å². The van der Waals surface area contributed by atoms with E-state index in [2.05, 4.69) is 5.32 Å². The monoisotopic (exact) mass is 261 g/mol. The third-order valence-corrected chi connectivity index (χ3v) is 2.71. The standard InChI is InChI=1S/C13H27NO4/c1-6-14-11(12(15)18-7-2)10-17-9-8-13(3,4)16-5/h11,14H,6-10H2,1-5H3. The van der Waals surface area contributed by atoms with Crippen LogP contribution in [-0.2, 0) is 19.0 Å². The fraction of sp³-hybridized carbons (Fsp3) is 0.923. The van der Waals surface area contributed by atoms with Crippen molar-refractivity contribution in [3.63, 3.8) is 0 Å². The van der Waals surface area contributed by atoms with Crippen LogP contribution in [0.2, 0.25) is 0 Å². The summed E-state index contributed by atoms with van der Waals surface area (Å²) < 4.78 is 15.8. The summed E-state index contributed by atoms with van der Waals surface area (Å²) >= 11 is 0. The summed E-state index contributed by atoms with van der Waals surface area (Å²) in [5, 5.41) is 3.05. The van der Waals surface area contributed by atoms with E-state index < -0.39 is 0 Å². The van der Waals surface area contributed by atoms with E-state index in [4.69, 9.17) is 14.2 Å². The van der Waals surface area contributed by atoms with Crippen LogP contribution in [-0.4, -0.2) is 51.1 Å². The molecule has 0 bridgehead atoms. The molecular weight excluding hydrogens is 234 g/mol. The summed E-state index contributed by atoms with van der Waals surface area (Å²) in [6, 6.07) is -0.388. The van der Waals surface area contributed by atoms with Crippen LogP contribution in [0.1, 0.15) is 34.1 Å². The normalized spacial score (nSPS) is 13.4. The van der Waals surface area contributed by atoms with Crippen LogP contribution in [0.25, 0.3) is 0 Å². The van der Waals surface area contributed by atoms with Gasteiger partial charge in [-0.2, -0.15) is 0 Å². The lowest BCUT2D eigenvalue weighted by atomic mass is 10.1. The quantitative estimate of drug-likeness (QED) is 0.475. The van der Waals surface area contributed by atoms with Gasteiger partial charge in [-0.05, 0) is 33.7 Å². The molecule has 0 rings (SSSR count). The number of carbonyl (C=O) groups is 1. The van der Waals surface area contributed by atoms with Crippen molar-refractivity contribution < 1.29 is 19.0 Å². The van der Waals surface area contributed by atoms with Crippen LogP contribution < -0.4 is 5.32 Å². The fourth-order valence-corrected chi connectivity index (χ4v) is 1.32. The van der Waals surface area contributed by atoms with E-state index in [1.165, 1.54) is 0 Å². The first-order chi connectivity index (χ1) is 8.46. The summed E-state index contributed by atoms with van der Waals surface area (Å²) in [5.41, 5.74) is -0.197. The van der Waals surface area contributed by atoms with Gasteiger partial charge in [0.1, 0.15) is 6.04 Å². The van der Waals surface area contributed by atoms with E-state index in [9.17, 15) is 4.79 Å². The molecule has 0 aromatic carbocycles. The van der Waals surface area contributed by atoms with Crippen molar-refractivity contribution >= 4 is 5.97 Å². The maximum Gasteiger partial charge on any atom is 0.325 e. The Hall–Kier alpha value is -0.650. The molecule has 0 saturated carbocycles. The van der Waals surface area contributed by atoms with Gasteiger partial charge >= 0.3 is 5.97 Å². The van der Waals surface area contributed by atoms with Gasteiger partial charge < -0.3 is 19.5 Å². The molecule has 0 aromatic heterocycles. The highest BCUT2D eigenvalue weighted by Crippen LogP contribution is 2.12. The lowest BCUT2D eigenvalue weighted by Gasteiger charge is -2.23. The molecule has 1 unspecified atom stereocenters. The van der Waals surface area contributed by atoms with Crippen molar-refractivity contribution in [2.45, 2.75) is 45.8 Å². The van der Waals surface area contributed by atoms with E-state index in [0.29, 0.717) is 26.4 Å². The molecule has 0 heterocycles. The maximum absolute atomic E-state index is 11.6. The van der Waals surface area contributed by atoms with Gasteiger partial charge in [-0.1, -0.05) is 6.92 Å². The zero-order valence-corrected chi connectivity index (χ0v) is 12.2. The van der Waals surface area contributed by atoms with Crippen LogP contribution >= 0.6 is 0 Å². The minimum Gasteiger partial charge on any atom is -0.465 e. The van der Waals surface area contributed by atoms with Crippen LogP contribution in [0.4, 0.5) is 0 Å². The number of carbonyl (C=O) groups excluding carboxylic acids is 1. The van der Waals surface area contributed by atoms with Crippen LogP contribution in [0.15, 0.2) is 0 Å². The topological polar surface area (TPSA) is 56.8 Å². The molecule has 0 radical (unpaired) electrons. The van der Waals surface area contributed by atoms with Crippen LogP contribution in [0.5, 0.6) is 0 Å². The van der Waals surface area contributed by atoms with E-state index >= 15 is 0 Å². The SMILES string of the molecule is CCNC(COCCC(C)(C)OC)C(=O)OCC. The number of rotatable bonds is 10. The van der Waals surface area contributed by atoms with Gasteiger partial charge in [-0.3, -0.25) is 4.79 Å². The highest BCUT2D eigenvalue weighted by Gasteiger charge is 2.20. The third-order valence-electron chi connectivity index (χ3n) is 2.71. The minimum absolute atomic E-state index is 0.197. The summed E-state index contributed by atoms with van der Waals surface area (Å²) in [6.45, 7) is 9.72. The molecule has 5 nitrogen and oxygen atoms in total. The second-order valence-electron chi connectivity index (χ2n) is 4.65. The second kappa shape index (κ2) is 9.30. The first-order valence-corrected chi connectivity index (χ1v) is 6.49. The highest BCUT2D eigenvalue weighted by atomic mass is 16.5. The van der Waals surface area contributed by atoms with E-state index in [-0.39, 0.29) is 17.6 Å². The van der Waals surface area contributed by atoms with Gasteiger partial charge in [0.15, 0.2) is 0 Å². The Morgan fingerprint density at radius 2 is 2.00 bits per heavy atom. The number of hydrogen-bond acceptors (Lipinski definition) is 5. The summed E-state index contributed by atoms with van der Waals surface area (Å²) in [5.74, 6) is -0.259. The molecule has 0 aromatic rings. The van der Waals surface area contributed by atoms with Gasteiger partial charge in [0, 0.05) is 13.7 Å². The maximum atomic E-state index is 11.6. The number of likely N-dealkylation sites (N-methyl/N-ethyl adjacent to an activating group) is 1. The smallest absolute Gasteiger partial charge is 0.325 e. The van der Waals surface area contributed by atoms with Crippen molar-refractivity contribution in [1.29, 1.82) is 0 Å². The Bertz CT molecular complexity index is 231. The Labute approximate surface area is 110 Å². The molecule has 5 heteroatoms. The van der Waals surface area contributed by atoms with Crippen molar-refractivity contribution in [3.05, 3.63) is 0 Å². The molecule has 108 valence electrons. The number of methoxy groups -OCH3 is 1. The van der Waals surface area contributed by atoms with Crippen LogP contribution in [0, 0.1) is 0 Å². The van der Waals surface area contributed by atoms with Gasteiger partial charge in [0.25, 0.3) is 0 Å². The summed E-state index contributed by atoms with van der Waals surface area (Å²) in [7, 11) is 1.68. The van der Waals surface area contributed by atoms with Crippen molar-refractivity contribution in [3.8, 4) is 0 Å². The lowest BCUT2D eigenvalue weighted by molar-refractivity contribution is -0.147. The fourth-order valence-electron chi connectivity index (χ4n) is 1.32. The van der Waals surface area contributed by atoms with Crippen molar-refractivity contribution in [2.24, 2.45) is 0 Å². The Morgan fingerprint density at radius 1 is 1.33 bits per heavy atom. The second-order valence-corrected chi connectivity index (χ2v) is 4.65. The van der Waals surface area contributed by atoms with Crippen molar-refractivity contribution in [1.82, 2.24) is 5.32 Å². The molecule has 0 aliphatic rings. The molecule has 0 amide bonds. The molecule has 0 saturated heterocycles. The number of esters is 1. The Kier molecular flexibility index (Phi) is 8.97. The molecular formula is C13H27NO4. The predicted molar refractivity (Wildman–Crippen MR) is 70.6 cm³/mol. The summed E-state index contributed by atoms with van der Waals surface area (Å²) in [6.07, 6.45) is 0.783. The first kappa shape index (κ1) is 17.4. The number of ether oxygens (including phenoxy) is 3. The minimum atomic E-state index is -0.388. The molecule has 0 fully saturated rings. The Morgan fingerprint density at radius 3 is 2.50 bits per heavy atom. The zero-order valence-electron chi connectivity index (χ0n) is 12.2. The Balaban J connectivity index is 3.94. The number of nitrogens with one attached hydrogen (secondary N) is 1. The first-order valence-electron chi connectivity index (χ1n) is 6.49. The van der Waals surface area contributed by atoms with Gasteiger partial charge in [0.05, 0.1) is 18.8 Å². The molecule has 18 heavy (non-hydrogen) atoms. The van der Waals surface area contributed by atoms with Crippen molar-refractivity contribution in [2.75, 3.05) is 33.5 Å². The van der Waals surface area contributed by atoms with E-state index in [1.54, 1.807) is 14.0 Å². The third kappa shape index (κ3) is 7.63.